The van der Waals surface area contributed by atoms with Crippen LogP contribution in [0.25, 0.3) is 0 Å². The largest absolute Gasteiger partial charge is 0.368 e. The van der Waals surface area contributed by atoms with Crippen molar-refractivity contribution in [1.29, 1.82) is 0 Å². The molecule has 1 aromatic rings. The summed E-state index contributed by atoms with van der Waals surface area (Å²) in [5.41, 5.74) is 5.14. The minimum absolute atomic E-state index is 0.134. The Labute approximate surface area is 109 Å². The molecule has 0 aliphatic carbocycles. The first-order valence-corrected chi connectivity index (χ1v) is 7.04. The van der Waals surface area contributed by atoms with Crippen molar-refractivity contribution in [2.45, 2.75) is 23.8 Å². The molecule has 1 fully saturated rings. The van der Waals surface area contributed by atoms with Crippen molar-refractivity contribution in [3.63, 3.8) is 0 Å². The quantitative estimate of drug-likeness (QED) is 0.885. The zero-order valence-corrected chi connectivity index (χ0v) is 10.7. The van der Waals surface area contributed by atoms with Gasteiger partial charge >= 0.3 is 0 Å². The molecular formula is C11H12F2N2O3S. The molecule has 1 aromatic carbocycles. The molecule has 5 nitrogen and oxygen atoms in total. The number of hydrogen-bond acceptors (Lipinski definition) is 3. The molecule has 1 unspecified atom stereocenters. The molecule has 0 saturated carbocycles. The number of benzene rings is 1. The van der Waals surface area contributed by atoms with Crippen molar-refractivity contribution < 1.29 is 22.0 Å². The average molecular weight is 290 g/mol. The van der Waals surface area contributed by atoms with Gasteiger partial charge in [-0.25, -0.2) is 17.2 Å². The molecule has 2 N–H and O–H groups in total. The Kier molecular flexibility index (Phi) is 3.55. The molecule has 1 aliphatic rings. The van der Waals surface area contributed by atoms with E-state index in [9.17, 15) is 22.0 Å². The van der Waals surface area contributed by atoms with Crippen LogP contribution in [0.2, 0.25) is 0 Å². The standard InChI is InChI=1S/C11H12F2N2O3S/c12-8-4-3-7(6-9(8)13)19(17,18)15-5-1-2-10(15)11(14)16/h3-4,6,10H,1-2,5H2,(H2,14,16). The monoisotopic (exact) mass is 290 g/mol. The van der Waals surface area contributed by atoms with E-state index in [0.717, 1.165) is 16.4 Å². The molecule has 1 amide bonds. The maximum absolute atomic E-state index is 13.1. The predicted octanol–water partition coefficient (Wildman–Crippen LogP) is 0.603. The number of sulfonamides is 1. The van der Waals surface area contributed by atoms with Crippen LogP contribution in [0.15, 0.2) is 23.1 Å². The van der Waals surface area contributed by atoms with Crippen LogP contribution in [0.4, 0.5) is 8.78 Å². The first kappa shape index (κ1) is 13.9. The van der Waals surface area contributed by atoms with Crippen LogP contribution in [-0.2, 0) is 14.8 Å². The number of halogens is 2. The zero-order chi connectivity index (χ0) is 14.2. The summed E-state index contributed by atoms with van der Waals surface area (Å²) in [6.07, 6.45) is 0.828. The van der Waals surface area contributed by atoms with Crippen molar-refractivity contribution in [2.24, 2.45) is 5.73 Å². The highest BCUT2D eigenvalue weighted by molar-refractivity contribution is 7.89. The van der Waals surface area contributed by atoms with E-state index in [1.54, 1.807) is 0 Å². The maximum Gasteiger partial charge on any atom is 0.243 e. The molecule has 0 radical (unpaired) electrons. The maximum atomic E-state index is 13.1. The predicted molar refractivity (Wildman–Crippen MR) is 62.5 cm³/mol. The van der Waals surface area contributed by atoms with E-state index in [1.165, 1.54) is 0 Å². The fourth-order valence-electron chi connectivity index (χ4n) is 2.08. The molecule has 0 aromatic heterocycles. The van der Waals surface area contributed by atoms with Crippen molar-refractivity contribution in [2.75, 3.05) is 6.54 Å². The molecule has 0 bridgehead atoms. The van der Waals surface area contributed by atoms with Gasteiger partial charge in [-0.3, -0.25) is 4.79 Å². The van der Waals surface area contributed by atoms with E-state index in [0.29, 0.717) is 18.9 Å². The third-order valence-corrected chi connectivity index (χ3v) is 4.93. The second kappa shape index (κ2) is 4.86. The van der Waals surface area contributed by atoms with Gasteiger partial charge in [0.05, 0.1) is 4.90 Å². The Morgan fingerprint density at radius 2 is 2.00 bits per heavy atom. The number of carbonyl (C=O) groups excluding carboxylic acids is 1. The molecular weight excluding hydrogens is 278 g/mol. The van der Waals surface area contributed by atoms with Gasteiger partial charge in [0.15, 0.2) is 11.6 Å². The summed E-state index contributed by atoms with van der Waals surface area (Å²) in [7, 11) is -4.05. The molecule has 1 aliphatic heterocycles. The number of nitrogens with zero attached hydrogens (tertiary/aromatic N) is 1. The lowest BCUT2D eigenvalue weighted by atomic mass is 10.2. The number of primary amides is 1. The second-order valence-corrected chi connectivity index (χ2v) is 6.14. The number of hydrogen-bond donors (Lipinski definition) is 1. The minimum Gasteiger partial charge on any atom is -0.368 e. The van der Waals surface area contributed by atoms with Gasteiger partial charge in [-0.1, -0.05) is 0 Å². The number of carbonyl (C=O) groups is 1. The first-order valence-electron chi connectivity index (χ1n) is 5.60. The Morgan fingerprint density at radius 1 is 1.32 bits per heavy atom. The van der Waals surface area contributed by atoms with Crippen LogP contribution in [0, 0.1) is 11.6 Å². The third-order valence-electron chi connectivity index (χ3n) is 3.03. The fourth-order valence-corrected chi connectivity index (χ4v) is 3.76. The summed E-state index contributed by atoms with van der Waals surface area (Å²) < 4.78 is 51.3. The molecule has 1 atom stereocenters. The number of amides is 1. The van der Waals surface area contributed by atoms with Gasteiger partial charge in [0.25, 0.3) is 0 Å². The normalized spacial score (nSPS) is 20.6. The number of nitrogens with two attached hydrogens (primary N) is 1. The van der Waals surface area contributed by atoms with Crippen LogP contribution in [-0.4, -0.2) is 31.2 Å². The van der Waals surface area contributed by atoms with Gasteiger partial charge in [0, 0.05) is 6.54 Å². The van der Waals surface area contributed by atoms with Crippen LogP contribution >= 0.6 is 0 Å². The van der Waals surface area contributed by atoms with Gasteiger partial charge in [0.1, 0.15) is 6.04 Å². The lowest BCUT2D eigenvalue weighted by Crippen LogP contribution is -2.43. The summed E-state index contributed by atoms with van der Waals surface area (Å²) >= 11 is 0. The van der Waals surface area contributed by atoms with Gasteiger partial charge < -0.3 is 5.73 Å². The summed E-state index contributed by atoms with van der Waals surface area (Å²) in [4.78, 5) is 10.8. The van der Waals surface area contributed by atoms with E-state index < -0.39 is 33.6 Å². The van der Waals surface area contributed by atoms with Crippen LogP contribution in [0.1, 0.15) is 12.8 Å². The Balaban J connectivity index is 2.42. The van der Waals surface area contributed by atoms with E-state index in [4.69, 9.17) is 5.73 Å². The minimum atomic E-state index is -4.05. The Bertz CT molecular complexity index is 618. The highest BCUT2D eigenvalue weighted by atomic mass is 32.2. The lowest BCUT2D eigenvalue weighted by molar-refractivity contribution is -0.121. The lowest BCUT2D eigenvalue weighted by Gasteiger charge is -2.21. The van der Waals surface area contributed by atoms with Crippen LogP contribution < -0.4 is 5.73 Å². The van der Waals surface area contributed by atoms with Gasteiger partial charge in [-0.05, 0) is 31.0 Å². The van der Waals surface area contributed by atoms with E-state index >= 15 is 0 Å². The average Bonchev–Trinajstić information content (AvgIpc) is 2.82. The Hall–Kier alpha value is -1.54. The molecule has 104 valence electrons. The smallest absolute Gasteiger partial charge is 0.243 e. The van der Waals surface area contributed by atoms with E-state index in [1.807, 2.05) is 0 Å². The van der Waals surface area contributed by atoms with Gasteiger partial charge in [-0.15, -0.1) is 0 Å². The topological polar surface area (TPSA) is 80.5 Å². The summed E-state index contributed by atoms with van der Waals surface area (Å²) in [5.74, 6) is -3.13. The van der Waals surface area contributed by atoms with Crippen molar-refractivity contribution in [3.05, 3.63) is 29.8 Å². The van der Waals surface area contributed by atoms with Crippen molar-refractivity contribution >= 4 is 15.9 Å². The summed E-state index contributed by atoms with van der Waals surface area (Å²) in [6, 6.07) is 1.36. The highest BCUT2D eigenvalue weighted by Gasteiger charge is 2.38. The molecule has 1 saturated heterocycles. The zero-order valence-electron chi connectivity index (χ0n) is 9.84. The highest BCUT2D eigenvalue weighted by Crippen LogP contribution is 2.26. The second-order valence-electron chi connectivity index (χ2n) is 4.25. The fraction of sp³-hybridized carbons (Fsp3) is 0.364. The summed E-state index contributed by atoms with van der Waals surface area (Å²) in [5, 5.41) is 0. The van der Waals surface area contributed by atoms with E-state index in [2.05, 4.69) is 0 Å². The first-order chi connectivity index (χ1) is 8.84. The molecule has 2 rings (SSSR count). The number of rotatable bonds is 3. The van der Waals surface area contributed by atoms with Gasteiger partial charge in [-0.2, -0.15) is 4.31 Å². The third kappa shape index (κ3) is 2.45. The van der Waals surface area contributed by atoms with Crippen molar-refractivity contribution in [3.8, 4) is 0 Å². The molecule has 0 spiro atoms. The SMILES string of the molecule is NC(=O)C1CCCN1S(=O)(=O)c1ccc(F)c(F)c1. The molecule has 19 heavy (non-hydrogen) atoms. The Morgan fingerprint density at radius 3 is 2.58 bits per heavy atom. The van der Waals surface area contributed by atoms with Crippen LogP contribution in [0.5, 0.6) is 0 Å². The summed E-state index contributed by atoms with van der Waals surface area (Å²) in [6.45, 7) is 0.134. The molecule has 1 heterocycles. The van der Waals surface area contributed by atoms with E-state index in [-0.39, 0.29) is 11.4 Å². The van der Waals surface area contributed by atoms with Gasteiger partial charge in [0.2, 0.25) is 15.9 Å². The van der Waals surface area contributed by atoms with Crippen molar-refractivity contribution in [1.82, 2.24) is 4.31 Å². The van der Waals surface area contributed by atoms with Crippen LogP contribution in [0.3, 0.4) is 0 Å². The molecule has 8 heteroatoms.